The first-order valence-electron chi connectivity index (χ1n) is 16.7. The summed E-state index contributed by atoms with van der Waals surface area (Å²) in [6, 6.07) is 60.8. The summed E-state index contributed by atoms with van der Waals surface area (Å²) in [4.78, 5) is 9.69. The van der Waals surface area contributed by atoms with Crippen molar-refractivity contribution in [2.45, 2.75) is 0 Å². The van der Waals surface area contributed by atoms with Gasteiger partial charge >= 0.3 is 0 Å². The van der Waals surface area contributed by atoms with E-state index in [-0.39, 0.29) is 0 Å². The van der Waals surface area contributed by atoms with Crippen LogP contribution in [0.3, 0.4) is 0 Å². The normalized spacial score (nSPS) is 11.6. The molecule has 0 fully saturated rings. The molecule has 2 aromatic heterocycles. The fourth-order valence-corrected chi connectivity index (χ4v) is 7.24. The Hall–Kier alpha value is -6.85. The number of furan rings is 1. The van der Waals surface area contributed by atoms with Crippen LogP contribution in [0.1, 0.15) is 0 Å². The van der Waals surface area contributed by atoms with Gasteiger partial charge in [0.25, 0.3) is 0 Å². The van der Waals surface area contributed by atoms with E-state index in [1.807, 2.05) is 42.5 Å². The van der Waals surface area contributed by atoms with Crippen molar-refractivity contribution >= 4 is 77.9 Å². The molecule has 0 N–H and O–H groups in total. The molecular formula is C45H29N3O2. The lowest BCUT2D eigenvalue weighted by Gasteiger charge is -2.29. The smallest absolute Gasteiger partial charge is 0.227 e. The Kier molecular flexibility index (Phi) is 6.42. The first-order valence-corrected chi connectivity index (χ1v) is 16.7. The summed E-state index contributed by atoms with van der Waals surface area (Å²) in [6.45, 7) is 0. The number of fused-ring (bicyclic) bond motifs is 3. The molecule has 5 nitrogen and oxygen atoms in total. The summed E-state index contributed by atoms with van der Waals surface area (Å²) in [6.07, 6.45) is 0. The van der Waals surface area contributed by atoms with Gasteiger partial charge in [0.1, 0.15) is 16.7 Å². The average Bonchev–Trinajstić information content (AvgIpc) is 3.80. The molecule has 0 aliphatic carbocycles. The molecule has 0 saturated carbocycles. The summed E-state index contributed by atoms with van der Waals surface area (Å²) in [5, 5.41) is 4.21. The van der Waals surface area contributed by atoms with Crippen molar-refractivity contribution in [3.63, 3.8) is 0 Å². The maximum absolute atomic E-state index is 6.66. The summed E-state index contributed by atoms with van der Waals surface area (Å²) >= 11 is 0. The van der Waals surface area contributed by atoms with Crippen molar-refractivity contribution in [2.24, 2.45) is 0 Å². The minimum Gasteiger partial charge on any atom is -0.456 e. The zero-order valence-electron chi connectivity index (χ0n) is 26.9. The number of hydrogen-bond acceptors (Lipinski definition) is 5. The van der Waals surface area contributed by atoms with E-state index in [1.165, 1.54) is 0 Å². The SMILES string of the molecule is c1ccc(N(c2ccccc2)c2cccc(N(c3ccccc3)c3cccc(-c4nc5c6cccc7oc8cccc(c5o4)c8c76)c3)c2)cc1. The number of anilines is 6. The molecule has 0 aliphatic heterocycles. The van der Waals surface area contributed by atoms with E-state index >= 15 is 0 Å². The number of rotatable bonds is 7. The van der Waals surface area contributed by atoms with Gasteiger partial charge in [-0.25, -0.2) is 4.98 Å². The Morgan fingerprint density at radius 3 is 1.44 bits per heavy atom. The van der Waals surface area contributed by atoms with Crippen molar-refractivity contribution in [3.05, 3.63) is 176 Å². The molecule has 0 amide bonds. The van der Waals surface area contributed by atoms with Crippen LogP contribution in [0.4, 0.5) is 34.1 Å². The van der Waals surface area contributed by atoms with Crippen LogP contribution in [-0.2, 0) is 0 Å². The van der Waals surface area contributed by atoms with E-state index < -0.39 is 0 Å². The van der Waals surface area contributed by atoms with Gasteiger partial charge in [0.2, 0.25) is 5.89 Å². The highest BCUT2D eigenvalue weighted by molar-refractivity contribution is 6.31. The quantitative estimate of drug-likeness (QED) is 0.162. The first-order chi connectivity index (χ1) is 24.8. The zero-order chi connectivity index (χ0) is 33.0. The van der Waals surface area contributed by atoms with E-state index in [2.05, 4.69) is 143 Å². The molecule has 0 saturated heterocycles. The van der Waals surface area contributed by atoms with Crippen molar-refractivity contribution in [2.75, 3.05) is 9.80 Å². The van der Waals surface area contributed by atoms with Crippen molar-refractivity contribution < 1.29 is 8.83 Å². The van der Waals surface area contributed by atoms with Crippen molar-refractivity contribution in [1.29, 1.82) is 0 Å². The summed E-state index contributed by atoms with van der Waals surface area (Å²) in [7, 11) is 0. The lowest BCUT2D eigenvalue weighted by Crippen LogP contribution is -2.13. The molecule has 0 atom stereocenters. The molecule has 2 heterocycles. The second-order valence-electron chi connectivity index (χ2n) is 12.4. The molecular weight excluding hydrogens is 615 g/mol. The van der Waals surface area contributed by atoms with Gasteiger partial charge in [0.15, 0.2) is 5.58 Å². The Morgan fingerprint density at radius 2 is 0.840 bits per heavy atom. The maximum Gasteiger partial charge on any atom is 0.227 e. The molecule has 10 aromatic rings. The van der Waals surface area contributed by atoms with E-state index in [0.717, 1.165) is 83.5 Å². The average molecular weight is 644 g/mol. The number of oxazole rings is 1. The largest absolute Gasteiger partial charge is 0.456 e. The van der Waals surface area contributed by atoms with Crippen molar-refractivity contribution in [3.8, 4) is 11.5 Å². The van der Waals surface area contributed by atoms with Gasteiger partial charge in [-0.2, -0.15) is 0 Å². The molecule has 10 rings (SSSR count). The van der Waals surface area contributed by atoms with Gasteiger partial charge in [-0.15, -0.1) is 0 Å². The third-order valence-electron chi connectivity index (χ3n) is 9.39. The molecule has 0 spiro atoms. The highest BCUT2D eigenvalue weighted by Gasteiger charge is 2.22. The van der Waals surface area contributed by atoms with Gasteiger partial charge in [-0.05, 0) is 84.9 Å². The summed E-state index contributed by atoms with van der Waals surface area (Å²) in [5.74, 6) is 0.578. The Morgan fingerprint density at radius 1 is 0.380 bits per heavy atom. The molecule has 0 unspecified atom stereocenters. The standard InChI is InChI=1S/C45H29N3O2/c1-4-15-31(16-5-1)47(32-17-6-2-7-18-32)35-22-11-23-36(29-35)48(33-19-8-3-9-20-33)34-21-10-14-30(28-34)45-46-43-37-24-12-26-39-41(37)42-38(44(43)50-45)25-13-27-40(42)49-39/h1-29H. The van der Waals surface area contributed by atoms with Crippen LogP contribution in [-0.4, -0.2) is 4.98 Å². The van der Waals surface area contributed by atoms with E-state index in [4.69, 9.17) is 13.8 Å². The predicted molar refractivity (Wildman–Crippen MR) is 205 cm³/mol. The fraction of sp³-hybridized carbons (Fsp3) is 0. The first kappa shape index (κ1) is 28.2. The second-order valence-corrected chi connectivity index (χ2v) is 12.4. The zero-order valence-corrected chi connectivity index (χ0v) is 26.9. The number of hydrogen-bond donors (Lipinski definition) is 0. The minimum absolute atomic E-state index is 0.578. The van der Waals surface area contributed by atoms with Crippen LogP contribution in [0, 0.1) is 0 Å². The molecule has 0 radical (unpaired) electrons. The van der Waals surface area contributed by atoms with E-state index in [0.29, 0.717) is 5.89 Å². The molecule has 0 bridgehead atoms. The van der Waals surface area contributed by atoms with Crippen LogP contribution < -0.4 is 9.80 Å². The van der Waals surface area contributed by atoms with Crippen LogP contribution >= 0.6 is 0 Å². The van der Waals surface area contributed by atoms with Gasteiger partial charge in [0, 0.05) is 61.2 Å². The van der Waals surface area contributed by atoms with Crippen LogP contribution in [0.5, 0.6) is 0 Å². The second kappa shape index (κ2) is 11.4. The highest BCUT2D eigenvalue weighted by Crippen LogP contribution is 2.45. The van der Waals surface area contributed by atoms with Crippen molar-refractivity contribution in [1.82, 2.24) is 4.98 Å². The Labute approximate surface area is 288 Å². The Balaban J connectivity index is 1.12. The number of aromatic nitrogens is 1. The number of nitrogens with zero attached hydrogens (tertiary/aromatic N) is 3. The lowest BCUT2D eigenvalue weighted by molar-refractivity contribution is 0.623. The van der Waals surface area contributed by atoms with E-state index in [9.17, 15) is 0 Å². The topological polar surface area (TPSA) is 45.7 Å². The van der Waals surface area contributed by atoms with Gasteiger partial charge in [-0.3, -0.25) is 0 Å². The molecule has 50 heavy (non-hydrogen) atoms. The van der Waals surface area contributed by atoms with E-state index in [1.54, 1.807) is 0 Å². The fourth-order valence-electron chi connectivity index (χ4n) is 7.24. The number of benzene rings is 8. The molecule has 8 aromatic carbocycles. The van der Waals surface area contributed by atoms with Gasteiger partial charge < -0.3 is 18.6 Å². The third kappa shape index (κ3) is 4.52. The molecule has 5 heteroatoms. The summed E-state index contributed by atoms with van der Waals surface area (Å²) < 4.78 is 12.8. The molecule has 236 valence electrons. The minimum atomic E-state index is 0.578. The Bertz CT molecular complexity index is 2650. The predicted octanol–water partition coefficient (Wildman–Crippen LogP) is 12.9. The van der Waals surface area contributed by atoms with Gasteiger partial charge in [0.05, 0.1) is 0 Å². The number of para-hydroxylation sites is 3. The van der Waals surface area contributed by atoms with Crippen LogP contribution in [0.2, 0.25) is 0 Å². The van der Waals surface area contributed by atoms with Crippen LogP contribution in [0.25, 0.3) is 55.3 Å². The highest BCUT2D eigenvalue weighted by atomic mass is 16.3. The maximum atomic E-state index is 6.66. The van der Waals surface area contributed by atoms with Crippen LogP contribution in [0.15, 0.2) is 185 Å². The monoisotopic (exact) mass is 643 g/mol. The summed E-state index contributed by atoms with van der Waals surface area (Å²) in [5.41, 5.74) is 10.5. The lowest BCUT2D eigenvalue weighted by atomic mass is 10.0. The third-order valence-corrected chi connectivity index (χ3v) is 9.39. The van der Waals surface area contributed by atoms with Gasteiger partial charge in [-0.1, -0.05) is 91.0 Å². The molecule has 0 aliphatic rings.